The van der Waals surface area contributed by atoms with Crippen molar-refractivity contribution in [1.82, 2.24) is 29.8 Å². The SMILES string of the molecule is Cc1nc([C@H]2CCCCN2C(=O)c2snnc2C)ncc1C(=O)NCc1ccccc1. The number of hydrogen-bond acceptors (Lipinski definition) is 7. The zero-order valence-corrected chi connectivity index (χ0v) is 18.4. The van der Waals surface area contributed by atoms with E-state index in [-0.39, 0.29) is 17.9 Å². The quantitative estimate of drug-likeness (QED) is 0.659. The van der Waals surface area contributed by atoms with Crippen LogP contribution in [0.2, 0.25) is 0 Å². The van der Waals surface area contributed by atoms with Gasteiger partial charge in [0.2, 0.25) is 0 Å². The van der Waals surface area contributed by atoms with Crippen LogP contribution in [0.25, 0.3) is 0 Å². The van der Waals surface area contributed by atoms with Gasteiger partial charge in [0.05, 0.1) is 23.0 Å². The summed E-state index contributed by atoms with van der Waals surface area (Å²) in [6.07, 6.45) is 4.29. The lowest BCUT2D eigenvalue weighted by atomic mass is 10.0. The number of nitrogens with one attached hydrogen (secondary N) is 1. The summed E-state index contributed by atoms with van der Waals surface area (Å²) in [6, 6.07) is 9.51. The van der Waals surface area contributed by atoms with Crippen LogP contribution in [-0.4, -0.2) is 42.8 Å². The fourth-order valence-electron chi connectivity index (χ4n) is 3.74. The number of likely N-dealkylation sites (tertiary alicyclic amines) is 1. The number of nitrogens with zero attached hydrogens (tertiary/aromatic N) is 5. The highest BCUT2D eigenvalue weighted by Crippen LogP contribution is 2.31. The molecule has 2 amide bonds. The van der Waals surface area contributed by atoms with E-state index in [4.69, 9.17) is 0 Å². The third kappa shape index (κ3) is 4.61. The molecule has 1 atom stereocenters. The minimum atomic E-state index is -0.220. The number of rotatable bonds is 5. The van der Waals surface area contributed by atoms with Crippen LogP contribution in [0, 0.1) is 13.8 Å². The molecule has 3 heterocycles. The van der Waals surface area contributed by atoms with Crippen molar-refractivity contribution in [2.45, 2.75) is 45.7 Å². The van der Waals surface area contributed by atoms with E-state index in [9.17, 15) is 9.59 Å². The molecule has 9 heteroatoms. The third-order valence-corrected chi connectivity index (χ3v) is 6.26. The lowest BCUT2D eigenvalue weighted by Gasteiger charge is -2.34. The van der Waals surface area contributed by atoms with Crippen LogP contribution in [0.1, 0.15) is 68.1 Å². The normalized spacial score (nSPS) is 16.2. The van der Waals surface area contributed by atoms with Crippen molar-refractivity contribution in [3.63, 3.8) is 0 Å². The maximum Gasteiger partial charge on any atom is 0.268 e. The summed E-state index contributed by atoms with van der Waals surface area (Å²) < 4.78 is 3.89. The summed E-state index contributed by atoms with van der Waals surface area (Å²) in [5.41, 5.74) is 2.71. The maximum absolute atomic E-state index is 13.1. The Kier molecular flexibility index (Phi) is 6.31. The summed E-state index contributed by atoms with van der Waals surface area (Å²) in [5.74, 6) is 0.277. The Morgan fingerprint density at radius 1 is 1.16 bits per heavy atom. The molecule has 1 fully saturated rings. The van der Waals surface area contributed by atoms with Crippen molar-refractivity contribution in [2.75, 3.05) is 6.54 Å². The number of amides is 2. The number of hydrogen-bond donors (Lipinski definition) is 1. The Morgan fingerprint density at radius 2 is 1.97 bits per heavy atom. The summed E-state index contributed by atoms with van der Waals surface area (Å²) in [7, 11) is 0. The van der Waals surface area contributed by atoms with E-state index < -0.39 is 0 Å². The molecule has 1 saturated heterocycles. The van der Waals surface area contributed by atoms with Gasteiger partial charge in [0, 0.05) is 19.3 Å². The number of aryl methyl sites for hydroxylation is 2. The molecule has 1 aliphatic rings. The van der Waals surface area contributed by atoms with E-state index in [1.54, 1.807) is 20.0 Å². The molecule has 160 valence electrons. The number of aromatic nitrogens is 4. The lowest BCUT2D eigenvalue weighted by Crippen LogP contribution is -2.39. The molecule has 4 rings (SSSR count). The van der Waals surface area contributed by atoms with Gasteiger partial charge in [-0.25, -0.2) is 9.97 Å². The smallest absolute Gasteiger partial charge is 0.268 e. The molecule has 1 aromatic carbocycles. The molecule has 2 aromatic heterocycles. The van der Waals surface area contributed by atoms with E-state index in [2.05, 4.69) is 24.9 Å². The summed E-state index contributed by atoms with van der Waals surface area (Å²) in [6.45, 7) is 4.67. The number of benzene rings is 1. The van der Waals surface area contributed by atoms with Crippen LogP contribution in [0.4, 0.5) is 0 Å². The first-order valence-electron chi connectivity index (χ1n) is 10.3. The van der Waals surface area contributed by atoms with Crippen molar-refractivity contribution < 1.29 is 9.59 Å². The van der Waals surface area contributed by atoms with Crippen LogP contribution >= 0.6 is 11.5 Å². The second-order valence-electron chi connectivity index (χ2n) is 7.59. The molecule has 0 aliphatic carbocycles. The molecule has 0 spiro atoms. The van der Waals surface area contributed by atoms with Gasteiger partial charge in [-0.15, -0.1) is 5.10 Å². The highest BCUT2D eigenvalue weighted by Gasteiger charge is 2.32. The largest absolute Gasteiger partial charge is 0.348 e. The molecular weight excluding hydrogens is 412 g/mol. The fourth-order valence-corrected chi connectivity index (χ4v) is 4.36. The molecule has 0 bridgehead atoms. The lowest BCUT2D eigenvalue weighted by molar-refractivity contribution is 0.0603. The van der Waals surface area contributed by atoms with E-state index in [0.717, 1.165) is 36.4 Å². The standard InChI is InChI=1S/C22H24N6O2S/c1-14-17(21(29)24-12-16-8-4-3-5-9-16)13-23-20(25-14)18-10-6-7-11-28(18)22(30)19-15(2)26-27-31-19/h3-5,8-9,13,18H,6-7,10-12H2,1-2H3,(H,24,29)/t18-/m1/s1. The minimum Gasteiger partial charge on any atom is -0.348 e. The van der Waals surface area contributed by atoms with E-state index in [1.807, 2.05) is 35.2 Å². The Hall–Kier alpha value is -3.20. The average Bonchev–Trinajstić information content (AvgIpc) is 3.23. The van der Waals surface area contributed by atoms with Crippen molar-refractivity contribution >= 4 is 23.3 Å². The van der Waals surface area contributed by atoms with Crippen LogP contribution in [-0.2, 0) is 6.54 Å². The first kappa shape index (κ1) is 21.0. The monoisotopic (exact) mass is 436 g/mol. The van der Waals surface area contributed by atoms with E-state index in [1.165, 1.54) is 0 Å². The van der Waals surface area contributed by atoms with E-state index in [0.29, 0.717) is 40.7 Å². The van der Waals surface area contributed by atoms with Gasteiger partial charge in [0.1, 0.15) is 4.88 Å². The van der Waals surface area contributed by atoms with Crippen molar-refractivity contribution in [3.8, 4) is 0 Å². The summed E-state index contributed by atoms with van der Waals surface area (Å²) in [5, 5.41) is 6.87. The van der Waals surface area contributed by atoms with Gasteiger partial charge in [-0.3, -0.25) is 9.59 Å². The Labute approximate surface area is 184 Å². The van der Waals surface area contributed by atoms with Gasteiger partial charge in [0.15, 0.2) is 5.82 Å². The highest BCUT2D eigenvalue weighted by atomic mass is 32.1. The summed E-state index contributed by atoms with van der Waals surface area (Å²) >= 11 is 1.12. The van der Waals surface area contributed by atoms with Crippen molar-refractivity contribution in [1.29, 1.82) is 0 Å². The maximum atomic E-state index is 13.1. The molecule has 0 saturated carbocycles. The number of carbonyl (C=O) groups excluding carboxylic acids is 2. The minimum absolute atomic E-state index is 0.0804. The average molecular weight is 437 g/mol. The number of carbonyl (C=O) groups is 2. The number of piperidine rings is 1. The Morgan fingerprint density at radius 3 is 2.68 bits per heavy atom. The topological polar surface area (TPSA) is 101 Å². The molecular formula is C22H24N6O2S. The van der Waals surface area contributed by atoms with Gasteiger partial charge in [-0.2, -0.15) is 0 Å². The zero-order chi connectivity index (χ0) is 21.8. The van der Waals surface area contributed by atoms with Gasteiger partial charge < -0.3 is 10.2 Å². The molecule has 31 heavy (non-hydrogen) atoms. The van der Waals surface area contributed by atoms with Gasteiger partial charge in [-0.05, 0) is 50.2 Å². The van der Waals surface area contributed by atoms with Crippen molar-refractivity contribution in [3.05, 3.63) is 69.7 Å². The second kappa shape index (κ2) is 9.30. The highest BCUT2D eigenvalue weighted by molar-refractivity contribution is 7.07. The van der Waals surface area contributed by atoms with Crippen LogP contribution in [0.3, 0.4) is 0 Å². The van der Waals surface area contributed by atoms with Gasteiger partial charge >= 0.3 is 0 Å². The molecule has 0 unspecified atom stereocenters. The molecule has 3 aromatic rings. The van der Waals surface area contributed by atoms with E-state index >= 15 is 0 Å². The molecule has 1 aliphatic heterocycles. The fraction of sp³-hybridized carbons (Fsp3) is 0.364. The predicted octanol–water partition coefficient (Wildman–Crippen LogP) is 3.24. The third-order valence-electron chi connectivity index (χ3n) is 5.45. The second-order valence-corrected chi connectivity index (χ2v) is 8.35. The van der Waals surface area contributed by atoms with Crippen LogP contribution < -0.4 is 5.32 Å². The van der Waals surface area contributed by atoms with Gasteiger partial charge in [0.25, 0.3) is 11.8 Å². The first-order valence-corrected chi connectivity index (χ1v) is 11.1. The van der Waals surface area contributed by atoms with Crippen molar-refractivity contribution in [2.24, 2.45) is 0 Å². The summed E-state index contributed by atoms with van der Waals surface area (Å²) in [4.78, 5) is 37.2. The zero-order valence-electron chi connectivity index (χ0n) is 17.5. The van der Waals surface area contributed by atoms with Crippen LogP contribution in [0.5, 0.6) is 0 Å². The predicted molar refractivity (Wildman–Crippen MR) is 117 cm³/mol. The molecule has 1 N–H and O–H groups in total. The molecule has 8 nitrogen and oxygen atoms in total. The Bertz CT molecular complexity index is 1080. The van der Waals surface area contributed by atoms with Crippen LogP contribution in [0.15, 0.2) is 36.5 Å². The molecule has 0 radical (unpaired) electrons. The Balaban J connectivity index is 1.51. The van der Waals surface area contributed by atoms with Gasteiger partial charge in [-0.1, -0.05) is 34.8 Å². The first-order chi connectivity index (χ1) is 15.0.